The van der Waals surface area contributed by atoms with E-state index in [-0.39, 0.29) is 6.04 Å². The monoisotopic (exact) mass is 303 g/mol. The maximum Gasteiger partial charge on any atom is 0.195 e. The Hall–Kier alpha value is -1.66. The summed E-state index contributed by atoms with van der Waals surface area (Å²) >= 11 is 1.65. The van der Waals surface area contributed by atoms with Crippen molar-refractivity contribution in [3.8, 4) is 5.82 Å². The SMILES string of the molecule is CCCc1nccn1-c1nc2sccn2c1CC(N)CC. The van der Waals surface area contributed by atoms with Gasteiger partial charge in [0.15, 0.2) is 10.8 Å². The van der Waals surface area contributed by atoms with E-state index >= 15 is 0 Å². The number of imidazole rings is 2. The van der Waals surface area contributed by atoms with Crippen molar-refractivity contribution < 1.29 is 0 Å². The number of nitrogens with zero attached hydrogens (tertiary/aromatic N) is 4. The second-order valence-corrected chi connectivity index (χ2v) is 6.15. The Morgan fingerprint density at radius 2 is 2.19 bits per heavy atom. The first-order chi connectivity index (χ1) is 10.2. The molecule has 3 heterocycles. The van der Waals surface area contributed by atoms with E-state index < -0.39 is 0 Å². The Bertz CT molecular complexity index is 723. The summed E-state index contributed by atoms with van der Waals surface area (Å²) in [6, 6.07) is 0.154. The third kappa shape index (κ3) is 2.61. The number of aryl methyl sites for hydroxylation is 1. The van der Waals surface area contributed by atoms with Gasteiger partial charge in [0.1, 0.15) is 5.82 Å². The molecule has 0 aliphatic carbocycles. The molecule has 3 aromatic rings. The van der Waals surface area contributed by atoms with Crippen LogP contribution < -0.4 is 5.73 Å². The minimum Gasteiger partial charge on any atom is -0.327 e. The van der Waals surface area contributed by atoms with Gasteiger partial charge in [0.25, 0.3) is 0 Å². The number of thiazole rings is 1. The van der Waals surface area contributed by atoms with Gasteiger partial charge < -0.3 is 5.73 Å². The van der Waals surface area contributed by atoms with Crippen LogP contribution in [0.3, 0.4) is 0 Å². The van der Waals surface area contributed by atoms with Crippen molar-refractivity contribution in [2.45, 2.75) is 45.6 Å². The van der Waals surface area contributed by atoms with Gasteiger partial charge in [0, 0.05) is 42.9 Å². The van der Waals surface area contributed by atoms with E-state index in [1.54, 1.807) is 11.3 Å². The van der Waals surface area contributed by atoms with E-state index in [1.165, 1.54) is 5.69 Å². The smallest absolute Gasteiger partial charge is 0.195 e. The number of rotatable bonds is 6. The second-order valence-electron chi connectivity index (χ2n) is 5.27. The van der Waals surface area contributed by atoms with E-state index in [9.17, 15) is 0 Å². The zero-order valence-electron chi connectivity index (χ0n) is 12.5. The molecule has 0 saturated heterocycles. The van der Waals surface area contributed by atoms with Crippen LogP contribution in [0.4, 0.5) is 0 Å². The summed E-state index contributed by atoms with van der Waals surface area (Å²) in [7, 11) is 0. The molecule has 0 saturated carbocycles. The highest BCUT2D eigenvalue weighted by Gasteiger charge is 2.18. The molecule has 21 heavy (non-hydrogen) atoms. The first-order valence-electron chi connectivity index (χ1n) is 7.47. The molecule has 3 aromatic heterocycles. The predicted molar refractivity (Wildman–Crippen MR) is 86.2 cm³/mol. The fraction of sp³-hybridized carbons (Fsp3) is 0.467. The lowest BCUT2D eigenvalue weighted by molar-refractivity contribution is 0.630. The lowest BCUT2D eigenvalue weighted by Gasteiger charge is -2.11. The molecule has 5 nitrogen and oxygen atoms in total. The lowest BCUT2D eigenvalue weighted by atomic mass is 10.1. The van der Waals surface area contributed by atoms with Gasteiger partial charge in [-0.1, -0.05) is 13.8 Å². The number of fused-ring (bicyclic) bond motifs is 1. The zero-order valence-corrected chi connectivity index (χ0v) is 13.3. The van der Waals surface area contributed by atoms with Crippen LogP contribution in [-0.2, 0) is 12.8 Å². The van der Waals surface area contributed by atoms with Crippen LogP contribution in [0, 0.1) is 0 Å². The van der Waals surface area contributed by atoms with Gasteiger partial charge in [0.2, 0.25) is 0 Å². The largest absolute Gasteiger partial charge is 0.327 e. The molecule has 112 valence electrons. The highest BCUT2D eigenvalue weighted by Crippen LogP contribution is 2.23. The van der Waals surface area contributed by atoms with Crippen molar-refractivity contribution in [2.24, 2.45) is 5.73 Å². The van der Waals surface area contributed by atoms with E-state index in [1.807, 2.05) is 12.4 Å². The first kappa shape index (κ1) is 14.3. The zero-order chi connectivity index (χ0) is 14.8. The average molecular weight is 303 g/mol. The van der Waals surface area contributed by atoms with Crippen LogP contribution in [0.1, 0.15) is 38.2 Å². The Morgan fingerprint density at radius 1 is 1.33 bits per heavy atom. The molecule has 1 atom stereocenters. The van der Waals surface area contributed by atoms with Crippen LogP contribution >= 0.6 is 11.3 Å². The van der Waals surface area contributed by atoms with Gasteiger partial charge in [-0.2, -0.15) is 0 Å². The molecule has 0 aliphatic heterocycles. The molecule has 3 rings (SSSR count). The minimum absolute atomic E-state index is 0.154. The van der Waals surface area contributed by atoms with Crippen molar-refractivity contribution in [3.63, 3.8) is 0 Å². The predicted octanol–water partition coefficient (Wildman–Crippen LogP) is 2.81. The van der Waals surface area contributed by atoms with Gasteiger partial charge in [-0.25, -0.2) is 9.97 Å². The Kier molecular flexibility index (Phi) is 4.07. The topological polar surface area (TPSA) is 61.1 Å². The number of hydrogen-bond acceptors (Lipinski definition) is 4. The van der Waals surface area contributed by atoms with Crippen molar-refractivity contribution in [1.29, 1.82) is 0 Å². The first-order valence-corrected chi connectivity index (χ1v) is 8.35. The Morgan fingerprint density at radius 3 is 2.95 bits per heavy atom. The normalized spacial score (nSPS) is 13.1. The molecule has 0 bridgehead atoms. The molecule has 0 fully saturated rings. The van der Waals surface area contributed by atoms with Crippen LogP contribution in [0.5, 0.6) is 0 Å². The van der Waals surface area contributed by atoms with Crippen LogP contribution in [-0.4, -0.2) is 25.0 Å². The fourth-order valence-corrected chi connectivity index (χ4v) is 3.26. The fourth-order valence-electron chi connectivity index (χ4n) is 2.53. The van der Waals surface area contributed by atoms with Crippen molar-refractivity contribution in [1.82, 2.24) is 18.9 Å². The Balaban J connectivity index is 2.10. The molecule has 2 N–H and O–H groups in total. The summed E-state index contributed by atoms with van der Waals surface area (Å²) in [6.07, 6.45) is 9.74. The summed E-state index contributed by atoms with van der Waals surface area (Å²) in [6.45, 7) is 4.29. The standard InChI is InChI=1S/C15H21N5S/c1-3-5-13-17-6-7-20(13)14-12(10-11(16)4-2)19-8-9-21-15(19)18-14/h6-9,11H,3-5,10,16H2,1-2H3. The highest BCUT2D eigenvalue weighted by atomic mass is 32.1. The third-order valence-electron chi connectivity index (χ3n) is 3.74. The molecule has 0 radical (unpaired) electrons. The van der Waals surface area contributed by atoms with Crippen LogP contribution in [0.15, 0.2) is 24.0 Å². The molecular weight excluding hydrogens is 282 g/mol. The molecule has 0 aromatic carbocycles. The van der Waals surface area contributed by atoms with Gasteiger partial charge in [-0.05, 0) is 12.8 Å². The molecule has 0 aliphatic rings. The van der Waals surface area contributed by atoms with E-state index in [0.717, 1.165) is 42.3 Å². The number of hydrogen-bond donors (Lipinski definition) is 1. The van der Waals surface area contributed by atoms with Crippen LogP contribution in [0.25, 0.3) is 10.8 Å². The van der Waals surface area contributed by atoms with Crippen molar-refractivity contribution in [2.75, 3.05) is 0 Å². The summed E-state index contributed by atoms with van der Waals surface area (Å²) in [5.41, 5.74) is 7.36. The van der Waals surface area contributed by atoms with Gasteiger partial charge in [-0.3, -0.25) is 8.97 Å². The van der Waals surface area contributed by atoms with E-state index in [0.29, 0.717) is 0 Å². The molecule has 6 heteroatoms. The number of aromatic nitrogens is 4. The van der Waals surface area contributed by atoms with Gasteiger partial charge in [0.05, 0.1) is 5.69 Å². The van der Waals surface area contributed by atoms with Gasteiger partial charge >= 0.3 is 0 Å². The summed E-state index contributed by atoms with van der Waals surface area (Å²) in [4.78, 5) is 10.3. The van der Waals surface area contributed by atoms with E-state index in [4.69, 9.17) is 10.7 Å². The minimum atomic E-state index is 0.154. The maximum absolute atomic E-state index is 6.18. The number of nitrogens with two attached hydrogens (primary N) is 1. The molecular formula is C15H21N5S. The lowest BCUT2D eigenvalue weighted by Crippen LogP contribution is -2.23. The van der Waals surface area contributed by atoms with Crippen molar-refractivity contribution >= 4 is 16.3 Å². The Labute approximate surface area is 128 Å². The molecule has 1 unspecified atom stereocenters. The second kappa shape index (κ2) is 5.99. The molecule has 0 amide bonds. The molecule has 0 spiro atoms. The average Bonchev–Trinajstić information content (AvgIpc) is 3.16. The third-order valence-corrected chi connectivity index (χ3v) is 4.50. The van der Waals surface area contributed by atoms with Crippen LogP contribution in [0.2, 0.25) is 0 Å². The van der Waals surface area contributed by atoms with Gasteiger partial charge in [-0.15, -0.1) is 11.3 Å². The summed E-state index contributed by atoms with van der Waals surface area (Å²) in [5, 5.41) is 2.06. The quantitative estimate of drug-likeness (QED) is 0.761. The van der Waals surface area contributed by atoms with E-state index in [2.05, 4.69) is 39.4 Å². The van der Waals surface area contributed by atoms with Crippen molar-refractivity contribution in [3.05, 3.63) is 35.5 Å². The summed E-state index contributed by atoms with van der Waals surface area (Å²) < 4.78 is 4.27. The highest BCUT2D eigenvalue weighted by molar-refractivity contribution is 7.15. The summed E-state index contributed by atoms with van der Waals surface area (Å²) in [5.74, 6) is 2.04. The maximum atomic E-state index is 6.18.